The highest BCUT2D eigenvalue weighted by atomic mass is 16.6. The van der Waals surface area contributed by atoms with E-state index in [9.17, 15) is 14.4 Å². The number of carboxylic acid groups (broad SMARTS) is 1. The SMILES string of the molecule is CCCCCCCCCCCCCCCCCC(=O)OC(=O)CC[C@H](N)C(=O)O. The van der Waals surface area contributed by atoms with E-state index in [1.54, 1.807) is 0 Å². The van der Waals surface area contributed by atoms with Crippen molar-refractivity contribution in [3.8, 4) is 0 Å². The maximum atomic E-state index is 11.6. The molecule has 0 aliphatic rings. The Hall–Kier alpha value is -1.43. The van der Waals surface area contributed by atoms with E-state index in [1.165, 1.54) is 77.0 Å². The summed E-state index contributed by atoms with van der Waals surface area (Å²) in [7, 11) is 0. The van der Waals surface area contributed by atoms with E-state index >= 15 is 0 Å². The molecule has 0 bridgehead atoms. The van der Waals surface area contributed by atoms with Gasteiger partial charge in [0.25, 0.3) is 0 Å². The molecule has 0 rings (SSSR count). The Labute approximate surface area is 177 Å². The highest BCUT2D eigenvalue weighted by molar-refractivity contribution is 5.85. The Bertz CT molecular complexity index is 439. The zero-order chi connectivity index (χ0) is 21.7. The van der Waals surface area contributed by atoms with Gasteiger partial charge >= 0.3 is 17.9 Å². The number of nitrogens with two attached hydrogens (primary N) is 1. The third-order valence-electron chi connectivity index (χ3n) is 5.19. The summed E-state index contributed by atoms with van der Waals surface area (Å²) < 4.78 is 4.67. The Morgan fingerprint density at radius 2 is 1.07 bits per heavy atom. The van der Waals surface area contributed by atoms with E-state index in [1.807, 2.05) is 0 Å². The van der Waals surface area contributed by atoms with Crippen molar-refractivity contribution < 1.29 is 24.2 Å². The van der Waals surface area contributed by atoms with Crippen molar-refractivity contribution in [2.45, 2.75) is 129 Å². The Kier molecular flexibility index (Phi) is 18.9. The van der Waals surface area contributed by atoms with E-state index in [2.05, 4.69) is 11.7 Å². The number of aliphatic carboxylic acids is 1. The highest BCUT2D eigenvalue weighted by Gasteiger charge is 2.16. The molecule has 0 aromatic heterocycles. The van der Waals surface area contributed by atoms with Gasteiger partial charge in [0.15, 0.2) is 0 Å². The third kappa shape index (κ3) is 19.7. The number of unbranched alkanes of at least 4 members (excludes halogenated alkanes) is 14. The smallest absolute Gasteiger partial charge is 0.320 e. The monoisotopic (exact) mass is 413 g/mol. The zero-order valence-electron chi connectivity index (χ0n) is 18.5. The van der Waals surface area contributed by atoms with Gasteiger partial charge in [0, 0.05) is 12.8 Å². The molecular weight excluding hydrogens is 370 g/mol. The number of carbonyl (C=O) groups is 3. The average molecular weight is 414 g/mol. The van der Waals surface area contributed by atoms with Crippen LogP contribution in [0.5, 0.6) is 0 Å². The molecule has 0 saturated carbocycles. The first-order chi connectivity index (χ1) is 14.0. The first-order valence-electron chi connectivity index (χ1n) is 11.7. The number of rotatable bonds is 20. The second-order valence-electron chi connectivity index (χ2n) is 8.03. The molecule has 0 aromatic rings. The molecule has 0 heterocycles. The van der Waals surface area contributed by atoms with Crippen molar-refractivity contribution in [2.75, 3.05) is 0 Å². The van der Waals surface area contributed by atoms with Gasteiger partial charge in [-0.15, -0.1) is 0 Å². The summed E-state index contributed by atoms with van der Waals surface area (Å²) in [4.78, 5) is 33.6. The molecule has 6 nitrogen and oxygen atoms in total. The summed E-state index contributed by atoms with van der Waals surface area (Å²) in [6.45, 7) is 2.25. The zero-order valence-corrected chi connectivity index (χ0v) is 18.5. The van der Waals surface area contributed by atoms with Crippen molar-refractivity contribution in [2.24, 2.45) is 5.73 Å². The predicted octanol–water partition coefficient (Wildman–Crippen LogP) is 5.51. The van der Waals surface area contributed by atoms with E-state index in [4.69, 9.17) is 10.8 Å². The summed E-state index contributed by atoms with van der Waals surface area (Å²) in [6, 6.07) is -1.10. The Balaban J connectivity index is 3.34. The van der Waals surface area contributed by atoms with Gasteiger partial charge in [-0.25, -0.2) is 0 Å². The molecule has 170 valence electrons. The third-order valence-corrected chi connectivity index (χ3v) is 5.19. The summed E-state index contributed by atoms with van der Waals surface area (Å²) in [6.07, 6.45) is 18.9. The van der Waals surface area contributed by atoms with Gasteiger partial charge in [-0.05, 0) is 12.8 Å². The number of carbonyl (C=O) groups excluding carboxylic acids is 2. The molecule has 0 saturated heterocycles. The lowest BCUT2D eigenvalue weighted by Gasteiger charge is -2.06. The molecule has 0 aliphatic carbocycles. The van der Waals surface area contributed by atoms with Crippen LogP contribution in [0.15, 0.2) is 0 Å². The maximum absolute atomic E-state index is 11.6. The van der Waals surface area contributed by atoms with Crippen molar-refractivity contribution in [1.29, 1.82) is 0 Å². The van der Waals surface area contributed by atoms with Crippen LogP contribution >= 0.6 is 0 Å². The number of hydrogen-bond donors (Lipinski definition) is 2. The van der Waals surface area contributed by atoms with Gasteiger partial charge in [-0.2, -0.15) is 0 Å². The number of ether oxygens (including phenoxy) is 1. The first kappa shape index (κ1) is 27.6. The van der Waals surface area contributed by atoms with Gasteiger partial charge in [0.05, 0.1) is 0 Å². The molecule has 0 unspecified atom stereocenters. The molecule has 1 atom stereocenters. The van der Waals surface area contributed by atoms with Gasteiger partial charge in [-0.3, -0.25) is 14.4 Å². The topological polar surface area (TPSA) is 107 Å². The van der Waals surface area contributed by atoms with E-state index in [0.717, 1.165) is 19.3 Å². The van der Waals surface area contributed by atoms with Crippen LogP contribution in [0.25, 0.3) is 0 Å². The molecule has 0 fully saturated rings. The van der Waals surface area contributed by atoms with E-state index < -0.39 is 23.9 Å². The van der Waals surface area contributed by atoms with Crippen LogP contribution in [-0.4, -0.2) is 29.1 Å². The van der Waals surface area contributed by atoms with Crippen molar-refractivity contribution in [3.05, 3.63) is 0 Å². The minimum Gasteiger partial charge on any atom is -0.480 e. The van der Waals surface area contributed by atoms with Crippen LogP contribution < -0.4 is 5.73 Å². The lowest BCUT2D eigenvalue weighted by atomic mass is 10.0. The maximum Gasteiger partial charge on any atom is 0.320 e. The summed E-state index contributed by atoms with van der Waals surface area (Å²) in [5.41, 5.74) is 5.30. The van der Waals surface area contributed by atoms with Crippen LogP contribution in [0.4, 0.5) is 0 Å². The fraction of sp³-hybridized carbons (Fsp3) is 0.870. The molecule has 0 aromatic carbocycles. The molecule has 0 radical (unpaired) electrons. The molecule has 3 N–H and O–H groups in total. The summed E-state index contributed by atoms with van der Waals surface area (Å²) >= 11 is 0. The summed E-state index contributed by atoms with van der Waals surface area (Å²) in [5.74, 6) is -2.40. The fourth-order valence-corrected chi connectivity index (χ4v) is 3.27. The second-order valence-corrected chi connectivity index (χ2v) is 8.03. The fourth-order valence-electron chi connectivity index (χ4n) is 3.27. The van der Waals surface area contributed by atoms with Crippen LogP contribution in [0.3, 0.4) is 0 Å². The second kappa shape index (κ2) is 19.9. The molecule has 0 spiro atoms. The number of esters is 2. The standard InChI is InChI=1S/C23H43NO5/c1-2-3-4-5-6-7-8-9-10-11-12-13-14-15-16-17-21(25)29-22(26)19-18-20(24)23(27)28/h20H,2-19,24H2,1H3,(H,27,28)/t20-/m0/s1. The Morgan fingerprint density at radius 1 is 0.690 bits per heavy atom. The molecule has 0 aliphatic heterocycles. The molecule has 29 heavy (non-hydrogen) atoms. The lowest BCUT2D eigenvalue weighted by Crippen LogP contribution is -2.30. The van der Waals surface area contributed by atoms with Crippen LogP contribution in [-0.2, 0) is 19.1 Å². The average Bonchev–Trinajstić information content (AvgIpc) is 2.68. The summed E-state index contributed by atoms with van der Waals surface area (Å²) in [5, 5.41) is 8.63. The lowest BCUT2D eigenvalue weighted by molar-refractivity contribution is -0.159. The predicted molar refractivity (Wildman–Crippen MR) is 115 cm³/mol. The Morgan fingerprint density at radius 3 is 1.48 bits per heavy atom. The molecular formula is C23H43NO5. The van der Waals surface area contributed by atoms with Crippen molar-refractivity contribution >= 4 is 17.9 Å². The van der Waals surface area contributed by atoms with Crippen molar-refractivity contribution in [3.63, 3.8) is 0 Å². The van der Waals surface area contributed by atoms with Gasteiger partial charge in [-0.1, -0.05) is 96.8 Å². The first-order valence-corrected chi connectivity index (χ1v) is 11.7. The highest BCUT2D eigenvalue weighted by Crippen LogP contribution is 2.14. The minimum absolute atomic E-state index is 0.0274. The van der Waals surface area contributed by atoms with Gasteiger partial charge in [0.1, 0.15) is 6.04 Å². The molecule has 6 heteroatoms. The number of hydrogen-bond acceptors (Lipinski definition) is 5. The van der Waals surface area contributed by atoms with E-state index in [0.29, 0.717) is 0 Å². The normalized spacial score (nSPS) is 11.9. The largest absolute Gasteiger partial charge is 0.480 e. The van der Waals surface area contributed by atoms with Gasteiger partial charge < -0.3 is 15.6 Å². The van der Waals surface area contributed by atoms with Gasteiger partial charge in [0.2, 0.25) is 0 Å². The van der Waals surface area contributed by atoms with E-state index in [-0.39, 0.29) is 19.3 Å². The molecule has 0 amide bonds. The quantitative estimate of drug-likeness (QED) is 0.155. The van der Waals surface area contributed by atoms with Crippen LogP contribution in [0.2, 0.25) is 0 Å². The van der Waals surface area contributed by atoms with Crippen LogP contribution in [0.1, 0.15) is 122 Å². The minimum atomic E-state index is -1.16. The van der Waals surface area contributed by atoms with Crippen molar-refractivity contribution in [1.82, 2.24) is 0 Å². The van der Waals surface area contributed by atoms with Crippen LogP contribution in [0, 0.1) is 0 Å². The number of carboxylic acids is 1.